The van der Waals surface area contributed by atoms with E-state index in [9.17, 15) is 48.6 Å². The lowest BCUT2D eigenvalue weighted by molar-refractivity contribution is -0.161. The van der Waals surface area contributed by atoms with Gasteiger partial charge in [-0.1, -0.05) is 50.2 Å². The predicted molar refractivity (Wildman–Crippen MR) is 288 cm³/mol. The van der Waals surface area contributed by atoms with Gasteiger partial charge in [-0.3, -0.25) is 38.4 Å². The van der Waals surface area contributed by atoms with E-state index in [-0.39, 0.29) is 18.6 Å². The summed E-state index contributed by atoms with van der Waals surface area (Å²) in [6, 6.07) is 6.60. The van der Waals surface area contributed by atoms with Crippen LogP contribution >= 0.6 is 23.5 Å². The normalized spacial score (nSPS) is 29.8. The van der Waals surface area contributed by atoms with Crippen molar-refractivity contribution in [2.75, 3.05) is 53.4 Å². The summed E-state index contributed by atoms with van der Waals surface area (Å²) in [7, 11) is 5.33. The molecule has 0 unspecified atom stereocenters. The van der Waals surface area contributed by atoms with Crippen molar-refractivity contribution in [3.63, 3.8) is 0 Å². The molecular formula is C53H62N10O14S2. The molecule has 2 aliphatic carbocycles. The molecule has 2 saturated carbocycles. The third-order valence-electron chi connectivity index (χ3n) is 15.4. The minimum Gasteiger partial charge on any atom is -0.505 e. The Labute approximate surface area is 462 Å². The molecule has 24 nitrogen and oxygen atoms in total. The Morgan fingerprint density at radius 3 is 1.47 bits per heavy atom. The van der Waals surface area contributed by atoms with Crippen molar-refractivity contribution in [3.8, 4) is 11.5 Å². The van der Waals surface area contributed by atoms with Crippen LogP contribution in [0.5, 0.6) is 11.5 Å². The third kappa shape index (κ3) is 10.9. The number of rotatable bonds is 5. The molecule has 6 N–H and O–H groups in total. The van der Waals surface area contributed by atoms with Crippen LogP contribution in [0.25, 0.3) is 21.8 Å². The highest BCUT2D eigenvalue weighted by Crippen LogP contribution is 2.51. The van der Waals surface area contributed by atoms with Crippen LogP contribution in [-0.2, 0) is 47.8 Å². The SMILES string of the molecule is CS[C@@H]1SC[C@@H]2C(=O)N(C)[C@@]3(C[C@@H]3C)C(=O)OC[C@H](NC(=O)c3nc4ccccc4cc3O)C(=O)N[C@@H](C)C(=O)N(C)[C@H]1C(=O)N(C)[C@]1(C[C@@H]1C)C(=O)OC[C@@H](NC(=O)c1nc3ccccc3cc1O)C(=O)N[C@@H](C)C(=O)N2C. The molecule has 2 aromatic carbocycles. The summed E-state index contributed by atoms with van der Waals surface area (Å²) >= 11 is 2.15. The first-order valence-corrected chi connectivity index (χ1v) is 27.7. The molecule has 4 fully saturated rings. The summed E-state index contributed by atoms with van der Waals surface area (Å²) in [4.78, 5) is 158. The van der Waals surface area contributed by atoms with E-state index in [0.29, 0.717) is 21.8 Å². The van der Waals surface area contributed by atoms with Crippen molar-refractivity contribution in [1.29, 1.82) is 0 Å². The topological polar surface area (TPSA) is 316 Å². The quantitative estimate of drug-likeness (QED) is 0.150. The minimum absolute atomic E-state index is 0.0694. The van der Waals surface area contributed by atoms with E-state index in [1.54, 1.807) is 68.6 Å². The molecule has 2 aliphatic heterocycles. The maximum atomic E-state index is 15.4. The van der Waals surface area contributed by atoms with Crippen LogP contribution in [0.3, 0.4) is 0 Å². The van der Waals surface area contributed by atoms with Gasteiger partial charge in [-0.15, -0.1) is 23.5 Å². The number of cyclic esters (lactones) is 2. The van der Waals surface area contributed by atoms with Crippen LogP contribution in [0.1, 0.15) is 61.5 Å². The number of pyridine rings is 2. The molecular weight excluding hydrogens is 1060 g/mol. The monoisotopic (exact) mass is 1130 g/mol. The fourth-order valence-corrected chi connectivity index (χ4v) is 12.8. The number of nitrogens with one attached hydrogen (secondary N) is 4. The number of aromatic hydroxyl groups is 2. The number of hydrogen-bond acceptors (Lipinski definition) is 18. The summed E-state index contributed by atoms with van der Waals surface area (Å²) in [5, 5.41) is 32.8. The molecule has 2 saturated heterocycles. The van der Waals surface area contributed by atoms with E-state index < -0.39 is 159 Å². The van der Waals surface area contributed by atoms with Gasteiger partial charge in [0.2, 0.25) is 35.4 Å². The number of likely N-dealkylation sites (N-methyl/N-ethyl adjacent to an activating group) is 4. The Kier molecular flexibility index (Phi) is 16.4. The van der Waals surface area contributed by atoms with Crippen molar-refractivity contribution in [1.82, 2.24) is 50.8 Å². The number of amides is 8. The number of benzene rings is 2. The Hall–Kier alpha value is -7.74. The smallest absolute Gasteiger partial charge is 0.332 e. The number of esters is 2. The number of thioether (sulfide) groups is 2. The molecule has 4 aromatic rings. The summed E-state index contributed by atoms with van der Waals surface area (Å²) in [6.07, 6.45) is 1.79. The summed E-state index contributed by atoms with van der Waals surface area (Å²) < 4.78 is 10.6. The van der Waals surface area contributed by atoms with Crippen molar-refractivity contribution in [2.24, 2.45) is 11.8 Å². The van der Waals surface area contributed by atoms with Gasteiger partial charge in [-0.05, 0) is 69.0 Å². The second kappa shape index (κ2) is 22.5. The summed E-state index contributed by atoms with van der Waals surface area (Å²) in [5.41, 5.74) is -3.59. The van der Waals surface area contributed by atoms with Crippen molar-refractivity contribution >= 4 is 105 Å². The van der Waals surface area contributed by atoms with Gasteiger partial charge in [0.25, 0.3) is 11.8 Å². The molecule has 11 atom stereocenters. The molecule has 2 bridgehead atoms. The van der Waals surface area contributed by atoms with E-state index in [1.807, 2.05) is 0 Å². The first kappa shape index (κ1) is 57.4. The van der Waals surface area contributed by atoms with Gasteiger partial charge in [0.1, 0.15) is 72.0 Å². The first-order chi connectivity index (χ1) is 37.4. The Morgan fingerprint density at radius 1 is 0.646 bits per heavy atom. The van der Waals surface area contributed by atoms with Crippen LogP contribution in [0.15, 0.2) is 60.7 Å². The molecule has 8 amide bonds. The fourth-order valence-electron chi connectivity index (χ4n) is 10.3. The number of carbonyl (C=O) groups excluding carboxylic acids is 10. The number of para-hydroxylation sites is 2. The van der Waals surface area contributed by atoms with Gasteiger partial charge in [0, 0.05) is 44.7 Å². The zero-order valence-electron chi connectivity index (χ0n) is 44.8. The number of ether oxygens (including phenoxy) is 2. The summed E-state index contributed by atoms with van der Waals surface area (Å²) in [5.74, 6) is -11.7. The summed E-state index contributed by atoms with van der Waals surface area (Å²) in [6.45, 7) is 4.34. The highest BCUT2D eigenvalue weighted by atomic mass is 32.2. The molecule has 2 aromatic heterocycles. The molecule has 26 heteroatoms. The lowest BCUT2D eigenvalue weighted by Gasteiger charge is -2.39. The highest BCUT2D eigenvalue weighted by Gasteiger charge is 2.65. The number of carbonyl (C=O) groups is 10. The number of nitrogens with zero attached hydrogens (tertiary/aromatic N) is 6. The van der Waals surface area contributed by atoms with Crippen molar-refractivity contribution in [3.05, 3.63) is 72.1 Å². The van der Waals surface area contributed by atoms with Crippen LogP contribution in [-0.4, -0.2) is 204 Å². The molecule has 79 heavy (non-hydrogen) atoms. The van der Waals surface area contributed by atoms with Gasteiger partial charge < -0.3 is 60.6 Å². The number of aromatic nitrogens is 2. The van der Waals surface area contributed by atoms with Crippen LogP contribution in [0.4, 0.5) is 0 Å². The first-order valence-electron chi connectivity index (χ1n) is 25.3. The number of hydrogen-bond donors (Lipinski definition) is 6. The Bertz CT molecular complexity index is 3190. The second-order valence-electron chi connectivity index (χ2n) is 20.5. The van der Waals surface area contributed by atoms with Crippen LogP contribution in [0.2, 0.25) is 0 Å². The molecule has 2 spiro atoms. The molecule has 4 aliphatic rings. The lowest BCUT2D eigenvalue weighted by Crippen LogP contribution is -2.61. The van der Waals surface area contributed by atoms with Gasteiger partial charge in [0.05, 0.1) is 15.6 Å². The molecule has 0 radical (unpaired) electrons. The van der Waals surface area contributed by atoms with Crippen molar-refractivity contribution < 1.29 is 67.6 Å². The Balaban J connectivity index is 1.18. The van der Waals surface area contributed by atoms with Gasteiger partial charge >= 0.3 is 11.9 Å². The molecule has 8 rings (SSSR count). The van der Waals surface area contributed by atoms with Gasteiger partial charge in [-0.25, -0.2) is 19.6 Å². The lowest BCUT2D eigenvalue weighted by atomic mass is 10.1. The van der Waals surface area contributed by atoms with E-state index in [2.05, 4.69) is 31.2 Å². The van der Waals surface area contributed by atoms with E-state index in [1.165, 1.54) is 54.2 Å². The standard InChI is InChI=1S/C53H62N10O14S2/c1-25-20-52(25)50(74)76-22-34(59-44(69)39-37(65)19-30-15-11-13-17-32(30)57-39)42(67)55-28(4)46(71)61(6)40-48(73)63(8)53(21-26(53)2)51(75)77-23-33(58-43(68)38-36(64)18-29-14-10-12-16-31(29)56-38)41(66)54-27(3)45(70)60(5)35(47(72)62(52)7)24-79-49(40)78-9/h10-19,25-28,33-35,40,49,64-65H,20-24H2,1-9H3,(H,54,66)(H,55,67)(H,58,68)(H,59,69)/t25-,26-,27-,28-,33+,34-,35+,40-,49+,52+,53-/m0/s1. The van der Waals surface area contributed by atoms with Crippen molar-refractivity contribution in [2.45, 2.75) is 92.4 Å². The van der Waals surface area contributed by atoms with Crippen LogP contribution < -0.4 is 21.3 Å². The average molecular weight is 1130 g/mol. The third-order valence-corrected chi connectivity index (χ3v) is 18.2. The minimum atomic E-state index is -1.74. The molecule has 4 heterocycles. The van der Waals surface area contributed by atoms with Crippen LogP contribution in [0, 0.1) is 11.8 Å². The van der Waals surface area contributed by atoms with Gasteiger partial charge in [-0.2, -0.15) is 0 Å². The fraction of sp³-hybridized carbons (Fsp3) is 0.472. The molecule has 420 valence electrons. The Morgan fingerprint density at radius 2 is 1.05 bits per heavy atom. The van der Waals surface area contributed by atoms with E-state index in [4.69, 9.17) is 9.47 Å². The zero-order valence-corrected chi connectivity index (χ0v) is 46.4. The van der Waals surface area contributed by atoms with E-state index >= 15 is 9.59 Å². The number of fused-ring (bicyclic) bond motifs is 6. The van der Waals surface area contributed by atoms with E-state index in [0.717, 1.165) is 43.1 Å². The largest absolute Gasteiger partial charge is 0.505 e. The predicted octanol–water partition coefficient (Wildman–Crippen LogP) is 0.765. The average Bonchev–Trinajstić information content (AvgIpc) is 4.50. The maximum Gasteiger partial charge on any atom is 0.332 e. The zero-order chi connectivity index (χ0) is 57.6. The highest BCUT2D eigenvalue weighted by molar-refractivity contribution is 8.16. The van der Waals surface area contributed by atoms with Gasteiger partial charge in [0.15, 0.2) is 11.4 Å². The second-order valence-corrected chi connectivity index (χ2v) is 22.9. The maximum absolute atomic E-state index is 15.4.